The van der Waals surface area contributed by atoms with Crippen molar-refractivity contribution in [3.8, 4) is 5.75 Å². The summed E-state index contributed by atoms with van der Waals surface area (Å²) in [4.78, 5) is 25.3. The topological polar surface area (TPSA) is 70.7 Å². The predicted molar refractivity (Wildman–Crippen MR) is 79.2 cm³/mol. The van der Waals surface area contributed by atoms with E-state index in [0.717, 1.165) is 24.4 Å². The van der Waals surface area contributed by atoms with E-state index in [2.05, 4.69) is 10.6 Å². The van der Waals surface area contributed by atoms with Crippen LogP contribution in [0.5, 0.6) is 5.75 Å². The van der Waals surface area contributed by atoms with Gasteiger partial charge >= 0.3 is 11.8 Å². The van der Waals surface area contributed by atoms with Crippen molar-refractivity contribution in [3.63, 3.8) is 0 Å². The Morgan fingerprint density at radius 3 is 2.71 bits per heavy atom. The van der Waals surface area contributed by atoms with Gasteiger partial charge in [-0.2, -0.15) is 0 Å². The monoisotopic (exact) mass is 291 g/mol. The zero-order valence-corrected chi connectivity index (χ0v) is 12.2. The van der Waals surface area contributed by atoms with E-state index in [1.807, 2.05) is 24.3 Å². The molecule has 1 aromatic rings. The number of carbonyl (C=O) groups excluding carboxylic acids is 2. The van der Waals surface area contributed by atoms with E-state index in [4.69, 9.17) is 4.74 Å². The van der Waals surface area contributed by atoms with Gasteiger partial charge in [-0.1, -0.05) is 18.2 Å². The summed E-state index contributed by atoms with van der Waals surface area (Å²) >= 11 is 0. The fourth-order valence-corrected chi connectivity index (χ4v) is 2.31. The van der Waals surface area contributed by atoms with Gasteiger partial charge in [0.1, 0.15) is 5.75 Å². The highest BCUT2D eigenvalue weighted by atomic mass is 16.5. The van der Waals surface area contributed by atoms with Crippen LogP contribution in [0.25, 0.3) is 0 Å². The molecule has 0 unspecified atom stereocenters. The van der Waals surface area contributed by atoms with Gasteiger partial charge in [0.2, 0.25) is 0 Å². The SMILES string of the molecule is COc1ccccc1CCNC(=O)C(=O)N1CCNCC1. The maximum absolute atomic E-state index is 11.9. The average molecular weight is 291 g/mol. The molecule has 6 nitrogen and oxygen atoms in total. The molecule has 2 rings (SSSR count). The van der Waals surface area contributed by atoms with Crippen molar-refractivity contribution in [1.29, 1.82) is 0 Å². The third-order valence-electron chi connectivity index (χ3n) is 3.47. The second-order valence-corrected chi connectivity index (χ2v) is 4.86. The second-order valence-electron chi connectivity index (χ2n) is 4.86. The van der Waals surface area contributed by atoms with Crippen molar-refractivity contribution in [2.75, 3.05) is 39.8 Å². The highest BCUT2D eigenvalue weighted by molar-refractivity contribution is 6.35. The molecule has 6 heteroatoms. The minimum Gasteiger partial charge on any atom is -0.496 e. The Bertz CT molecular complexity index is 499. The number of hydrogen-bond donors (Lipinski definition) is 2. The first-order valence-corrected chi connectivity index (χ1v) is 7.12. The molecular weight excluding hydrogens is 270 g/mol. The van der Waals surface area contributed by atoms with Crippen molar-refractivity contribution in [2.24, 2.45) is 0 Å². The zero-order valence-electron chi connectivity index (χ0n) is 12.2. The number of hydrogen-bond acceptors (Lipinski definition) is 4. The highest BCUT2D eigenvalue weighted by Crippen LogP contribution is 2.17. The van der Waals surface area contributed by atoms with Crippen LogP contribution in [0.2, 0.25) is 0 Å². The second kappa shape index (κ2) is 7.64. The maximum Gasteiger partial charge on any atom is 0.311 e. The molecule has 1 fully saturated rings. The van der Waals surface area contributed by atoms with Crippen molar-refractivity contribution in [3.05, 3.63) is 29.8 Å². The normalized spacial score (nSPS) is 14.6. The fourth-order valence-electron chi connectivity index (χ4n) is 2.31. The number of nitrogens with zero attached hydrogens (tertiary/aromatic N) is 1. The summed E-state index contributed by atoms with van der Waals surface area (Å²) in [5.74, 6) is -0.191. The molecule has 2 amide bonds. The molecule has 0 saturated carbocycles. The molecule has 0 atom stereocenters. The summed E-state index contributed by atoms with van der Waals surface area (Å²) in [6, 6.07) is 7.65. The summed E-state index contributed by atoms with van der Waals surface area (Å²) in [6.07, 6.45) is 0.630. The molecule has 21 heavy (non-hydrogen) atoms. The first kappa shape index (κ1) is 15.3. The first-order chi connectivity index (χ1) is 10.2. The first-order valence-electron chi connectivity index (χ1n) is 7.12. The quantitative estimate of drug-likeness (QED) is 0.753. The molecule has 1 aromatic carbocycles. The summed E-state index contributed by atoms with van der Waals surface area (Å²) in [6.45, 7) is 3.05. The summed E-state index contributed by atoms with van der Waals surface area (Å²) < 4.78 is 5.25. The lowest BCUT2D eigenvalue weighted by Crippen LogP contribution is -2.51. The smallest absolute Gasteiger partial charge is 0.311 e. The fraction of sp³-hybridized carbons (Fsp3) is 0.467. The Balaban J connectivity index is 1.79. The van der Waals surface area contributed by atoms with E-state index in [9.17, 15) is 9.59 Å². The van der Waals surface area contributed by atoms with E-state index in [1.165, 1.54) is 0 Å². The lowest BCUT2D eigenvalue weighted by molar-refractivity contribution is -0.146. The maximum atomic E-state index is 11.9. The number of methoxy groups -OCH3 is 1. The van der Waals surface area contributed by atoms with E-state index in [0.29, 0.717) is 26.1 Å². The standard InChI is InChI=1S/C15H21N3O3/c1-21-13-5-3-2-4-12(13)6-7-17-14(19)15(20)18-10-8-16-9-11-18/h2-5,16H,6-11H2,1H3,(H,17,19). The summed E-state index contributed by atoms with van der Waals surface area (Å²) in [5.41, 5.74) is 1.01. The van der Waals surface area contributed by atoms with Crippen LogP contribution < -0.4 is 15.4 Å². The van der Waals surface area contributed by atoms with Gasteiger partial charge < -0.3 is 20.3 Å². The van der Waals surface area contributed by atoms with Gasteiger partial charge in [-0.25, -0.2) is 0 Å². The minimum absolute atomic E-state index is 0.414. The van der Waals surface area contributed by atoms with Crippen LogP contribution in [0, 0.1) is 0 Å². The van der Waals surface area contributed by atoms with Crippen molar-refractivity contribution in [1.82, 2.24) is 15.5 Å². The molecule has 0 bridgehead atoms. The number of nitrogens with one attached hydrogen (secondary N) is 2. The van der Waals surface area contributed by atoms with Crippen LogP contribution >= 0.6 is 0 Å². The number of amides is 2. The Labute approximate surface area is 124 Å². The van der Waals surface area contributed by atoms with E-state index in [1.54, 1.807) is 12.0 Å². The molecule has 0 spiro atoms. The number of ether oxygens (including phenoxy) is 1. The van der Waals surface area contributed by atoms with Gasteiger partial charge in [0.05, 0.1) is 7.11 Å². The number of carbonyl (C=O) groups is 2. The number of rotatable bonds is 4. The zero-order chi connectivity index (χ0) is 15.1. The van der Waals surface area contributed by atoms with Gasteiger partial charge in [-0.05, 0) is 18.1 Å². The lowest BCUT2D eigenvalue weighted by atomic mass is 10.1. The largest absolute Gasteiger partial charge is 0.496 e. The van der Waals surface area contributed by atoms with Gasteiger partial charge in [-0.3, -0.25) is 9.59 Å². The van der Waals surface area contributed by atoms with Gasteiger partial charge in [0.25, 0.3) is 0 Å². The Hall–Kier alpha value is -2.08. The van der Waals surface area contributed by atoms with Crippen molar-refractivity contribution < 1.29 is 14.3 Å². The molecular formula is C15H21N3O3. The van der Waals surface area contributed by atoms with Gasteiger partial charge in [0, 0.05) is 32.7 Å². The van der Waals surface area contributed by atoms with Crippen molar-refractivity contribution in [2.45, 2.75) is 6.42 Å². The average Bonchev–Trinajstić information content (AvgIpc) is 2.55. The number of piperazine rings is 1. The third-order valence-corrected chi connectivity index (χ3v) is 3.47. The molecule has 1 saturated heterocycles. The minimum atomic E-state index is -0.535. The summed E-state index contributed by atoms with van der Waals surface area (Å²) in [5, 5.41) is 5.82. The van der Waals surface area contributed by atoms with E-state index >= 15 is 0 Å². The molecule has 1 heterocycles. The van der Waals surface area contributed by atoms with E-state index in [-0.39, 0.29) is 0 Å². The van der Waals surface area contributed by atoms with Crippen LogP contribution in [0.15, 0.2) is 24.3 Å². The van der Waals surface area contributed by atoms with Crippen molar-refractivity contribution >= 4 is 11.8 Å². The molecule has 114 valence electrons. The molecule has 1 aliphatic heterocycles. The Kier molecular flexibility index (Phi) is 5.57. The predicted octanol–water partition coefficient (Wildman–Crippen LogP) is -0.214. The van der Waals surface area contributed by atoms with Crippen LogP contribution in [-0.2, 0) is 16.0 Å². The molecule has 1 aliphatic rings. The van der Waals surface area contributed by atoms with Gasteiger partial charge in [0.15, 0.2) is 0 Å². The van der Waals surface area contributed by atoms with E-state index < -0.39 is 11.8 Å². The lowest BCUT2D eigenvalue weighted by Gasteiger charge is -2.26. The van der Waals surface area contributed by atoms with Crippen LogP contribution in [0.1, 0.15) is 5.56 Å². The molecule has 2 N–H and O–H groups in total. The highest BCUT2D eigenvalue weighted by Gasteiger charge is 2.22. The van der Waals surface area contributed by atoms with Crippen LogP contribution in [0.4, 0.5) is 0 Å². The van der Waals surface area contributed by atoms with Crippen LogP contribution in [0.3, 0.4) is 0 Å². The Morgan fingerprint density at radius 2 is 2.00 bits per heavy atom. The number of benzene rings is 1. The number of para-hydroxylation sites is 1. The molecule has 0 aliphatic carbocycles. The van der Waals surface area contributed by atoms with Crippen LogP contribution in [-0.4, -0.2) is 56.5 Å². The van der Waals surface area contributed by atoms with Gasteiger partial charge in [-0.15, -0.1) is 0 Å². The molecule has 0 radical (unpaired) electrons. The summed E-state index contributed by atoms with van der Waals surface area (Å²) in [7, 11) is 1.62. The Morgan fingerprint density at radius 1 is 1.29 bits per heavy atom. The third kappa shape index (κ3) is 4.19. The molecule has 0 aromatic heterocycles.